The fraction of sp³-hybridized carbons (Fsp3) is 0.433. The molecule has 2 heterocycles. The Kier molecular flexibility index (Phi) is 8.77. The fourth-order valence-corrected chi connectivity index (χ4v) is 5.25. The van der Waals surface area contributed by atoms with Gasteiger partial charge in [0.15, 0.2) is 5.69 Å². The van der Waals surface area contributed by atoms with E-state index in [2.05, 4.69) is 19.1 Å². The smallest absolute Gasteiger partial charge is 0.274 e. The Bertz CT molecular complexity index is 1180. The van der Waals surface area contributed by atoms with E-state index in [9.17, 15) is 19.4 Å². The highest BCUT2D eigenvalue weighted by Gasteiger charge is 2.35. The monoisotopic (exact) mass is 506 g/mol. The Labute approximate surface area is 218 Å². The second-order valence-corrected chi connectivity index (χ2v) is 10.2. The van der Waals surface area contributed by atoms with Gasteiger partial charge >= 0.3 is 0 Å². The van der Waals surface area contributed by atoms with Gasteiger partial charge in [-0.25, -0.2) is 9.37 Å². The van der Waals surface area contributed by atoms with Crippen molar-refractivity contribution in [2.24, 2.45) is 0 Å². The summed E-state index contributed by atoms with van der Waals surface area (Å²) < 4.78 is 15.7. The van der Waals surface area contributed by atoms with E-state index in [0.29, 0.717) is 43.0 Å². The maximum Gasteiger partial charge on any atom is 0.274 e. The third-order valence-electron chi connectivity index (χ3n) is 7.12. The predicted octanol–water partition coefficient (Wildman–Crippen LogP) is 5.52. The standard InChI is InChI=1S/C30H37FN3O3/c1-4-24(35)19-25(36)16-18-34-28(20(2)3)27(32-29(34)22-12-14-23(31)15-13-22)30(37)33-17-8-11-26(33)21-9-6-5-7-10-21/h5-7,9-10,12-15,20,24-26,35-36H,1,4,8,11,16-19H2,2-3H3. The molecule has 6 nitrogen and oxygen atoms in total. The zero-order valence-corrected chi connectivity index (χ0v) is 21.7. The Hall–Kier alpha value is -3.03. The molecule has 37 heavy (non-hydrogen) atoms. The zero-order valence-electron chi connectivity index (χ0n) is 21.7. The quantitative estimate of drug-likeness (QED) is 0.380. The Balaban J connectivity index is 1.73. The second kappa shape index (κ2) is 12.0. The molecule has 197 valence electrons. The van der Waals surface area contributed by atoms with Gasteiger partial charge in [0, 0.05) is 18.7 Å². The molecule has 3 unspecified atom stereocenters. The number of benzene rings is 2. The molecule has 2 aromatic carbocycles. The van der Waals surface area contributed by atoms with Crippen LogP contribution in [0.25, 0.3) is 11.4 Å². The van der Waals surface area contributed by atoms with E-state index in [0.717, 1.165) is 24.1 Å². The van der Waals surface area contributed by atoms with Gasteiger partial charge < -0.3 is 19.7 Å². The van der Waals surface area contributed by atoms with Gasteiger partial charge in [-0.05, 0) is 67.9 Å². The van der Waals surface area contributed by atoms with Crippen molar-refractivity contribution in [3.05, 3.63) is 84.3 Å². The molecule has 3 atom stereocenters. The maximum atomic E-state index is 14.0. The van der Waals surface area contributed by atoms with Gasteiger partial charge in [-0.3, -0.25) is 4.79 Å². The number of hydrogen-bond acceptors (Lipinski definition) is 4. The Morgan fingerprint density at radius 2 is 1.81 bits per heavy atom. The number of carbonyl (C=O) groups is 1. The summed E-state index contributed by atoms with van der Waals surface area (Å²) in [5.74, 6) is 0.112. The molecule has 1 radical (unpaired) electrons. The van der Waals surface area contributed by atoms with Gasteiger partial charge in [0.05, 0.1) is 23.9 Å². The first kappa shape index (κ1) is 27.0. The topological polar surface area (TPSA) is 78.6 Å². The Morgan fingerprint density at radius 3 is 2.46 bits per heavy atom. The highest BCUT2D eigenvalue weighted by Crippen LogP contribution is 2.36. The molecule has 3 aromatic rings. The Morgan fingerprint density at radius 1 is 1.11 bits per heavy atom. The molecule has 0 bridgehead atoms. The molecule has 0 spiro atoms. The van der Waals surface area contributed by atoms with Gasteiger partial charge in [0.2, 0.25) is 0 Å². The minimum Gasteiger partial charge on any atom is -0.393 e. The summed E-state index contributed by atoms with van der Waals surface area (Å²) in [5.41, 5.74) is 3.03. The molecule has 1 saturated heterocycles. The van der Waals surface area contributed by atoms with E-state index in [4.69, 9.17) is 4.98 Å². The number of carbonyl (C=O) groups excluding carboxylic acids is 1. The van der Waals surface area contributed by atoms with Crippen LogP contribution >= 0.6 is 0 Å². The first-order valence-corrected chi connectivity index (χ1v) is 13.2. The van der Waals surface area contributed by atoms with Crippen LogP contribution in [0.2, 0.25) is 0 Å². The number of imidazole rings is 1. The van der Waals surface area contributed by atoms with Crippen molar-refractivity contribution in [1.29, 1.82) is 0 Å². The molecule has 0 saturated carbocycles. The molecule has 0 aliphatic carbocycles. The molecule has 1 aromatic heterocycles. The fourth-order valence-electron chi connectivity index (χ4n) is 5.25. The average Bonchev–Trinajstić information content (AvgIpc) is 3.53. The molecule has 2 N–H and O–H groups in total. The van der Waals surface area contributed by atoms with Crippen LogP contribution < -0.4 is 0 Å². The molecule has 1 aliphatic rings. The van der Waals surface area contributed by atoms with Crippen molar-refractivity contribution < 1.29 is 19.4 Å². The zero-order chi connectivity index (χ0) is 26.5. The lowest BCUT2D eigenvalue weighted by atomic mass is 10.0. The molecule has 7 heteroatoms. The lowest BCUT2D eigenvalue weighted by molar-refractivity contribution is 0.0728. The van der Waals surface area contributed by atoms with Crippen molar-refractivity contribution in [1.82, 2.24) is 14.5 Å². The number of aliphatic hydroxyl groups excluding tert-OH is 2. The van der Waals surface area contributed by atoms with Crippen molar-refractivity contribution in [2.45, 2.75) is 76.7 Å². The van der Waals surface area contributed by atoms with Gasteiger partial charge in [-0.1, -0.05) is 51.1 Å². The van der Waals surface area contributed by atoms with Crippen molar-refractivity contribution >= 4 is 5.91 Å². The number of aliphatic hydroxyl groups is 2. The largest absolute Gasteiger partial charge is 0.393 e. The van der Waals surface area contributed by atoms with Crippen molar-refractivity contribution in [3.63, 3.8) is 0 Å². The first-order valence-electron chi connectivity index (χ1n) is 13.2. The highest BCUT2D eigenvalue weighted by atomic mass is 19.1. The average molecular weight is 507 g/mol. The lowest BCUT2D eigenvalue weighted by Gasteiger charge is -2.25. The summed E-state index contributed by atoms with van der Waals surface area (Å²) >= 11 is 0. The molecule has 4 rings (SSSR count). The number of aromatic nitrogens is 2. The van der Waals surface area contributed by atoms with E-state index in [-0.39, 0.29) is 30.1 Å². The summed E-state index contributed by atoms with van der Waals surface area (Å²) in [5, 5.41) is 20.5. The van der Waals surface area contributed by atoms with Gasteiger partial charge in [0.1, 0.15) is 11.6 Å². The number of nitrogens with zero attached hydrogens (tertiary/aromatic N) is 3. The summed E-state index contributed by atoms with van der Waals surface area (Å²) in [6.07, 6.45) is 1.39. The van der Waals surface area contributed by atoms with Crippen molar-refractivity contribution in [3.8, 4) is 11.4 Å². The van der Waals surface area contributed by atoms with Crippen LogP contribution in [0.15, 0.2) is 54.6 Å². The maximum absolute atomic E-state index is 14.0. The predicted molar refractivity (Wildman–Crippen MR) is 142 cm³/mol. The summed E-state index contributed by atoms with van der Waals surface area (Å²) in [6.45, 7) is 8.82. The van der Waals surface area contributed by atoms with Crippen LogP contribution in [-0.4, -0.2) is 49.3 Å². The van der Waals surface area contributed by atoms with Crippen LogP contribution in [0.4, 0.5) is 4.39 Å². The van der Waals surface area contributed by atoms with Gasteiger partial charge in [-0.2, -0.15) is 0 Å². The summed E-state index contributed by atoms with van der Waals surface area (Å²) in [7, 11) is 0. The van der Waals surface area contributed by atoms with E-state index in [1.54, 1.807) is 12.1 Å². The minimum absolute atomic E-state index is 0.000837. The molecular weight excluding hydrogens is 469 g/mol. The number of amides is 1. The highest BCUT2D eigenvalue weighted by molar-refractivity contribution is 5.95. The molecule has 1 aliphatic heterocycles. The van der Waals surface area contributed by atoms with Crippen LogP contribution in [0.5, 0.6) is 0 Å². The third kappa shape index (κ3) is 6.11. The van der Waals surface area contributed by atoms with Gasteiger partial charge in [0.25, 0.3) is 5.91 Å². The minimum atomic E-state index is -0.722. The third-order valence-corrected chi connectivity index (χ3v) is 7.12. The van der Waals surface area contributed by atoms with E-state index >= 15 is 0 Å². The van der Waals surface area contributed by atoms with Crippen LogP contribution in [0, 0.1) is 12.7 Å². The van der Waals surface area contributed by atoms with E-state index < -0.39 is 12.2 Å². The molecule has 1 fully saturated rings. The van der Waals surface area contributed by atoms with E-state index in [1.165, 1.54) is 12.1 Å². The lowest BCUT2D eigenvalue weighted by Crippen LogP contribution is -2.32. The number of halogens is 1. The van der Waals surface area contributed by atoms with Crippen LogP contribution in [-0.2, 0) is 6.54 Å². The van der Waals surface area contributed by atoms with Crippen molar-refractivity contribution in [2.75, 3.05) is 6.54 Å². The summed E-state index contributed by atoms with van der Waals surface area (Å²) in [6, 6.07) is 16.2. The second-order valence-electron chi connectivity index (χ2n) is 10.2. The normalized spacial score (nSPS) is 17.4. The number of likely N-dealkylation sites (tertiary alicyclic amines) is 1. The van der Waals surface area contributed by atoms with E-state index in [1.807, 2.05) is 41.5 Å². The number of hydrogen-bond donors (Lipinski definition) is 2. The summed E-state index contributed by atoms with van der Waals surface area (Å²) in [4.78, 5) is 20.8. The first-order chi connectivity index (χ1) is 17.8. The number of rotatable bonds is 10. The molecular formula is C30H37FN3O3. The van der Waals surface area contributed by atoms with Gasteiger partial charge in [-0.15, -0.1) is 0 Å². The van der Waals surface area contributed by atoms with Crippen LogP contribution in [0.1, 0.15) is 79.7 Å². The molecule has 1 amide bonds. The SMILES string of the molecule is [CH2]CC(O)CC(O)CCn1c(-c2ccc(F)cc2)nc(C(=O)N2CCCC2c2ccccc2)c1C(C)C. The van der Waals surface area contributed by atoms with Crippen LogP contribution in [0.3, 0.4) is 0 Å².